The zero-order valence-electron chi connectivity index (χ0n) is 18.4. The largest absolute Gasteiger partial charge is 0.497 e. The van der Waals surface area contributed by atoms with Gasteiger partial charge in [-0.3, -0.25) is 9.59 Å². The standard InChI is InChI=1S/C26H31NO4/c1-30-22-10-8-20(9-11-22)24(28)15-18-7-12-23(25(16-18)31-2)26(29)27-14-13-19-5-3-4-6-21(19)17-27/h7-12,16,19,21H,3-6,13-15,17H2,1-2H3/t19?,21-/m0/s1. The zero-order chi connectivity index (χ0) is 21.8. The fraction of sp³-hybridized carbons (Fsp3) is 0.462. The third-order valence-electron chi connectivity index (χ3n) is 6.85. The SMILES string of the molecule is COc1ccc(C(=O)Cc2ccc(C(=O)N3CCC4CCCC[C@H]4C3)c(OC)c2)cc1. The van der Waals surface area contributed by atoms with Crippen molar-refractivity contribution < 1.29 is 19.1 Å². The average Bonchev–Trinajstić information content (AvgIpc) is 2.83. The van der Waals surface area contributed by atoms with E-state index in [0.717, 1.165) is 36.7 Å². The van der Waals surface area contributed by atoms with E-state index in [1.807, 2.05) is 23.1 Å². The molecule has 0 bridgehead atoms. The minimum Gasteiger partial charge on any atom is -0.497 e. The molecule has 31 heavy (non-hydrogen) atoms. The van der Waals surface area contributed by atoms with Crippen molar-refractivity contribution >= 4 is 11.7 Å². The smallest absolute Gasteiger partial charge is 0.257 e. The first-order valence-electron chi connectivity index (χ1n) is 11.2. The van der Waals surface area contributed by atoms with Crippen molar-refractivity contribution in [1.82, 2.24) is 4.90 Å². The van der Waals surface area contributed by atoms with E-state index in [4.69, 9.17) is 9.47 Å². The fourth-order valence-corrected chi connectivity index (χ4v) is 5.04. The predicted octanol–water partition coefficient (Wildman–Crippen LogP) is 4.78. The number of likely N-dealkylation sites (tertiary alicyclic amines) is 1. The first-order chi connectivity index (χ1) is 15.1. The maximum Gasteiger partial charge on any atom is 0.257 e. The van der Waals surface area contributed by atoms with E-state index in [1.54, 1.807) is 38.5 Å². The Morgan fingerprint density at radius 1 is 0.935 bits per heavy atom. The molecule has 1 unspecified atom stereocenters. The predicted molar refractivity (Wildman–Crippen MR) is 120 cm³/mol. The van der Waals surface area contributed by atoms with Crippen molar-refractivity contribution in [2.75, 3.05) is 27.3 Å². The summed E-state index contributed by atoms with van der Waals surface area (Å²) in [6.07, 6.45) is 6.52. The summed E-state index contributed by atoms with van der Waals surface area (Å²) in [6, 6.07) is 12.6. The minimum absolute atomic E-state index is 0.0168. The molecule has 0 radical (unpaired) electrons. The number of Topliss-reactive ketones (excluding diaryl/α,β-unsaturated/α-hetero) is 1. The number of nitrogens with zero attached hydrogens (tertiary/aromatic N) is 1. The molecule has 2 aromatic rings. The number of amides is 1. The molecular formula is C26H31NO4. The summed E-state index contributed by atoms with van der Waals surface area (Å²) in [5.74, 6) is 2.73. The van der Waals surface area contributed by atoms with Gasteiger partial charge in [0, 0.05) is 25.1 Å². The van der Waals surface area contributed by atoms with Crippen LogP contribution in [0.3, 0.4) is 0 Å². The first-order valence-corrected chi connectivity index (χ1v) is 11.2. The number of ketones is 1. The lowest BCUT2D eigenvalue weighted by Crippen LogP contribution is -2.44. The number of piperidine rings is 1. The van der Waals surface area contributed by atoms with Crippen LogP contribution >= 0.6 is 0 Å². The van der Waals surface area contributed by atoms with Gasteiger partial charge in [-0.25, -0.2) is 0 Å². The van der Waals surface area contributed by atoms with Crippen LogP contribution in [0.15, 0.2) is 42.5 Å². The molecular weight excluding hydrogens is 390 g/mol. The van der Waals surface area contributed by atoms with Crippen LogP contribution in [0.5, 0.6) is 11.5 Å². The Morgan fingerprint density at radius 3 is 2.39 bits per heavy atom. The summed E-state index contributed by atoms with van der Waals surface area (Å²) in [6.45, 7) is 1.67. The Balaban J connectivity index is 1.46. The highest BCUT2D eigenvalue weighted by atomic mass is 16.5. The maximum absolute atomic E-state index is 13.2. The number of benzene rings is 2. The molecule has 1 saturated carbocycles. The monoisotopic (exact) mass is 421 g/mol. The van der Waals surface area contributed by atoms with E-state index >= 15 is 0 Å². The summed E-state index contributed by atoms with van der Waals surface area (Å²) in [4.78, 5) is 27.9. The molecule has 1 saturated heterocycles. The Hall–Kier alpha value is -2.82. The highest BCUT2D eigenvalue weighted by Crippen LogP contribution is 2.37. The normalized spacial score (nSPS) is 20.6. The highest BCUT2D eigenvalue weighted by Gasteiger charge is 2.33. The lowest BCUT2D eigenvalue weighted by atomic mass is 9.75. The van der Waals surface area contributed by atoms with Crippen molar-refractivity contribution in [3.8, 4) is 11.5 Å². The van der Waals surface area contributed by atoms with Gasteiger partial charge in [0.25, 0.3) is 5.91 Å². The molecule has 1 aliphatic carbocycles. The van der Waals surface area contributed by atoms with Crippen LogP contribution in [0.2, 0.25) is 0 Å². The molecule has 2 fully saturated rings. The van der Waals surface area contributed by atoms with Crippen LogP contribution in [0, 0.1) is 11.8 Å². The van der Waals surface area contributed by atoms with Gasteiger partial charge in [0.05, 0.1) is 19.8 Å². The van der Waals surface area contributed by atoms with E-state index in [9.17, 15) is 9.59 Å². The molecule has 0 spiro atoms. The highest BCUT2D eigenvalue weighted by molar-refractivity contribution is 5.99. The number of carbonyl (C=O) groups is 2. The van der Waals surface area contributed by atoms with Crippen LogP contribution in [0.1, 0.15) is 58.4 Å². The van der Waals surface area contributed by atoms with E-state index in [0.29, 0.717) is 22.8 Å². The summed E-state index contributed by atoms with van der Waals surface area (Å²) in [5, 5.41) is 0. The van der Waals surface area contributed by atoms with Crippen LogP contribution in [0.4, 0.5) is 0 Å². The summed E-state index contributed by atoms with van der Waals surface area (Å²) < 4.78 is 10.7. The van der Waals surface area contributed by atoms with Gasteiger partial charge in [0.15, 0.2) is 5.78 Å². The molecule has 2 aromatic carbocycles. The number of hydrogen-bond acceptors (Lipinski definition) is 4. The second-order valence-electron chi connectivity index (χ2n) is 8.71. The summed E-state index contributed by atoms with van der Waals surface area (Å²) >= 11 is 0. The molecule has 1 amide bonds. The Labute approximate surface area is 184 Å². The van der Waals surface area contributed by atoms with Gasteiger partial charge in [-0.05, 0) is 66.6 Å². The quantitative estimate of drug-likeness (QED) is 0.630. The van der Waals surface area contributed by atoms with Gasteiger partial charge in [-0.15, -0.1) is 0 Å². The van der Waals surface area contributed by atoms with Crippen molar-refractivity contribution in [3.05, 3.63) is 59.2 Å². The van der Waals surface area contributed by atoms with E-state index in [2.05, 4.69) is 0 Å². The third-order valence-corrected chi connectivity index (χ3v) is 6.85. The molecule has 164 valence electrons. The Kier molecular flexibility index (Phi) is 6.59. The number of carbonyl (C=O) groups excluding carboxylic acids is 2. The van der Waals surface area contributed by atoms with E-state index in [-0.39, 0.29) is 18.1 Å². The zero-order valence-corrected chi connectivity index (χ0v) is 18.4. The van der Waals surface area contributed by atoms with Gasteiger partial charge in [0.2, 0.25) is 0 Å². The van der Waals surface area contributed by atoms with Crippen molar-refractivity contribution in [1.29, 1.82) is 0 Å². The number of methoxy groups -OCH3 is 2. The second-order valence-corrected chi connectivity index (χ2v) is 8.71. The maximum atomic E-state index is 13.2. The van der Waals surface area contributed by atoms with Gasteiger partial charge in [0.1, 0.15) is 11.5 Å². The molecule has 5 heteroatoms. The number of ether oxygens (including phenoxy) is 2. The fourth-order valence-electron chi connectivity index (χ4n) is 5.04. The molecule has 0 N–H and O–H groups in total. The first kappa shape index (κ1) is 21.4. The second kappa shape index (κ2) is 9.54. The van der Waals surface area contributed by atoms with Crippen LogP contribution in [-0.2, 0) is 6.42 Å². The molecule has 1 aliphatic heterocycles. The van der Waals surface area contributed by atoms with Gasteiger partial charge >= 0.3 is 0 Å². The van der Waals surface area contributed by atoms with Crippen LogP contribution in [-0.4, -0.2) is 43.9 Å². The van der Waals surface area contributed by atoms with Crippen molar-refractivity contribution in [3.63, 3.8) is 0 Å². The third kappa shape index (κ3) is 4.76. The number of rotatable bonds is 6. The minimum atomic E-state index is 0.0168. The van der Waals surface area contributed by atoms with Crippen molar-refractivity contribution in [2.24, 2.45) is 11.8 Å². The summed E-state index contributed by atoms with van der Waals surface area (Å²) in [5.41, 5.74) is 2.05. The average molecular weight is 422 g/mol. The van der Waals surface area contributed by atoms with Gasteiger partial charge in [-0.1, -0.05) is 25.3 Å². The molecule has 4 rings (SSSR count). The van der Waals surface area contributed by atoms with E-state index < -0.39 is 0 Å². The Morgan fingerprint density at radius 2 is 1.68 bits per heavy atom. The van der Waals surface area contributed by atoms with Crippen LogP contribution < -0.4 is 9.47 Å². The lowest BCUT2D eigenvalue weighted by molar-refractivity contribution is 0.0518. The number of hydrogen-bond donors (Lipinski definition) is 0. The molecule has 0 aromatic heterocycles. The number of fused-ring (bicyclic) bond motifs is 1. The van der Waals surface area contributed by atoms with Gasteiger partial charge in [-0.2, -0.15) is 0 Å². The molecule has 1 heterocycles. The summed E-state index contributed by atoms with van der Waals surface area (Å²) in [7, 11) is 3.18. The molecule has 5 nitrogen and oxygen atoms in total. The lowest BCUT2D eigenvalue weighted by Gasteiger charge is -2.41. The van der Waals surface area contributed by atoms with Crippen LogP contribution in [0.25, 0.3) is 0 Å². The van der Waals surface area contributed by atoms with Gasteiger partial charge < -0.3 is 14.4 Å². The Bertz CT molecular complexity index is 937. The molecule has 2 atom stereocenters. The topological polar surface area (TPSA) is 55.8 Å². The van der Waals surface area contributed by atoms with E-state index in [1.165, 1.54) is 25.7 Å². The molecule has 2 aliphatic rings. The van der Waals surface area contributed by atoms with Crippen molar-refractivity contribution in [2.45, 2.75) is 38.5 Å².